The van der Waals surface area contributed by atoms with Gasteiger partial charge in [0, 0.05) is 29.2 Å². The number of hydrogen-bond acceptors (Lipinski definition) is 2. The summed E-state index contributed by atoms with van der Waals surface area (Å²) >= 11 is 0. The lowest BCUT2D eigenvalue weighted by Gasteiger charge is -1.99. The standard InChI is InChI=1S/C12H12N2O/c1-14-10-5-3-2-4-8(10)12-9(13-15)6-7-11(12)14/h2-5,15H,6-7H2,1H3. The zero-order valence-electron chi connectivity index (χ0n) is 8.57. The van der Waals surface area contributed by atoms with E-state index >= 15 is 0 Å². The highest BCUT2D eigenvalue weighted by Gasteiger charge is 2.25. The summed E-state index contributed by atoms with van der Waals surface area (Å²) in [5.41, 5.74) is 4.45. The van der Waals surface area contributed by atoms with E-state index in [9.17, 15) is 0 Å². The average Bonchev–Trinajstić information content (AvgIpc) is 2.81. The van der Waals surface area contributed by atoms with E-state index in [1.165, 1.54) is 16.6 Å². The van der Waals surface area contributed by atoms with Gasteiger partial charge in [0.25, 0.3) is 0 Å². The van der Waals surface area contributed by atoms with Gasteiger partial charge in [0.1, 0.15) is 0 Å². The van der Waals surface area contributed by atoms with E-state index in [1.807, 2.05) is 12.1 Å². The second kappa shape index (κ2) is 2.86. The van der Waals surface area contributed by atoms with Crippen molar-refractivity contribution in [2.24, 2.45) is 12.2 Å². The van der Waals surface area contributed by atoms with Crippen molar-refractivity contribution in [3.8, 4) is 0 Å². The Hall–Kier alpha value is -1.77. The molecule has 0 saturated carbocycles. The Morgan fingerprint density at radius 2 is 2.07 bits per heavy atom. The predicted octanol–water partition coefficient (Wildman–Crippen LogP) is 2.30. The van der Waals surface area contributed by atoms with Gasteiger partial charge in [-0.05, 0) is 18.9 Å². The van der Waals surface area contributed by atoms with Crippen LogP contribution < -0.4 is 0 Å². The number of oxime groups is 1. The number of aromatic nitrogens is 1. The molecule has 0 fully saturated rings. The molecule has 1 aromatic carbocycles. The molecule has 0 aliphatic heterocycles. The van der Waals surface area contributed by atoms with Crippen molar-refractivity contribution in [3.63, 3.8) is 0 Å². The molecule has 1 aliphatic rings. The van der Waals surface area contributed by atoms with E-state index in [0.29, 0.717) is 0 Å². The third-order valence-corrected chi connectivity index (χ3v) is 3.24. The fourth-order valence-corrected chi connectivity index (χ4v) is 2.52. The molecule has 0 spiro atoms. The Kier molecular flexibility index (Phi) is 1.63. The minimum atomic E-state index is 0.821. The van der Waals surface area contributed by atoms with Gasteiger partial charge >= 0.3 is 0 Å². The van der Waals surface area contributed by atoms with Crippen molar-refractivity contribution < 1.29 is 5.21 Å². The van der Waals surface area contributed by atoms with Gasteiger partial charge in [-0.1, -0.05) is 23.4 Å². The molecule has 76 valence electrons. The molecule has 1 N–H and O–H groups in total. The second-order valence-corrected chi connectivity index (χ2v) is 3.94. The molecule has 0 unspecified atom stereocenters. The average molecular weight is 200 g/mol. The number of hydrogen-bond donors (Lipinski definition) is 1. The lowest BCUT2D eigenvalue weighted by atomic mass is 10.1. The molecule has 0 bridgehead atoms. The molecule has 3 heteroatoms. The molecule has 1 aliphatic carbocycles. The summed E-state index contributed by atoms with van der Waals surface area (Å²) < 4.78 is 2.20. The minimum absolute atomic E-state index is 0.821. The van der Waals surface area contributed by atoms with E-state index in [-0.39, 0.29) is 0 Å². The van der Waals surface area contributed by atoms with Crippen LogP contribution >= 0.6 is 0 Å². The number of rotatable bonds is 0. The van der Waals surface area contributed by atoms with E-state index in [4.69, 9.17) is 5.21 Å². The first-order chi connectivity index (χ1) is 7.33. The van der Waals surface area contributed by atoms with E-state index in [2.05, 4.69) is 28.9 Å². The molecule has 2 aromatic rings. The first-order valence-electron chi connectivity index (χ1n) is 5.10. The van der Waals surface area contributed by atoms with E-state index in [0.717, 1.165) is 24.1 Å². The third kappa shape index (κ3) is 0.975. The first kappa shape index (κ1) is 8.53. The quantitative estimate of drug-likeness (QED) is 0.514. The van der Waals surface area contributed by atoms with Gasteiger partial charge in [-0.15, -0.1) is 0 Å². The fourth-order valence-electron chi connectivity index (χ4n) is 2.52. The molecule has 15 heavy (non-hydrogen) atoms. The molecule has 3 rings (SSSR count). The first-order valence-corrected chi connectivity index (χ1v) is 5.10. The van der Waals surface area contributed by atoms with Crippen LogP contribution in [0.4, 0.5) is 0 Å². The Morgan fingerprint density at radius 1 is 1.27 bits per heavy atom. The molecular formula is C12H12N2O. The summed E-state index contributed by atoms with van der Waals surface area (Å²) in [6.07, 6.45) is 1.82. The van der Waals surface area contributed by atoms with Crippen LogP contribution in [0.25, 0.3) is 10.9 Å². The van der Waals surface area contributed by atoms with E-state index < -0.39 is 0 Å². The van der Waals surface area contributed by atoms with Gasteiger partial charge in [-0.3, -0.25) is 0 Å². The number of benzene rings is 1. The Labute approximate surface area is 87.6 Å². The summed E-state index contributed by atoms with van der Waals surface area (Å²) in [6.45, 7) is 0. The van der Waals surface area contributed by atoms with Crippen molar-refractivity contribution in [2.45, 2.75) is 12.8 Å². The Bertz CT molecular complexity index is 566. The lowest BCUT2D eigenvalue weighted by molar-refractivity contribution is 0.318. The van der Waals surface area contributed by atoms with Crippen LogP contribution in [-0.2, 0) is 13.5 Å². The van der Waals surface area contributed by atoms with Crippen molar-refractivity contribution >= 4 is 16.6 Å². The molecule has 3 nitrogen and oxygen atoms in total. The largest absolute Gasteiger partial charge is 0.411 e. The normalized spacial score (nSPS) is 17.5. The summed E-state index contributed by atoms with van der Waals surface area (Å²) in [6, 6.07) is 8.25. The highest BCUT2D eigenvalue weighted by molar-refractivity contribution is 6.14. The lowest BCUT2D eigenvalue weighted by Crippen LogP contribution is -1.93. The Balaban J connectivity index is 2.46. The molecular weight excluding hydrogens is 188 g/mol. The van der Waals surface area contributed by atoms with Gasteiger partial charge in [0.15, 0.2) is 0 Å². The summed E-state index contributed by atoms with van der Waals surface area (Å²) in [4.78, 5) is 0. The SMILES string of the molecule is Cn1c2c(c3ccccc31)C(=NO)CC2. The van der Waals surface area contributed by atoms with Crippen molar-refractivity contribution in [3.05, 3.63) is 35.5 Å². The van der Waals surface area contributed by atoms with Crippen LogP contribution in [0.3, 0.4) is 0 Å². The maximum absolute atomic E-state index is 8.96. The summed E-state index contributed by atoms with van der Waals surface area (Å²) in [7, 11) is 2.07. The zero-order chi connectivity index (χ0) is 10.4. The molecule has 0 amide bonds. The highest BCUT2D eigenvalue weighted by Crippen LogP contribution is 2.32. The molecule has 0 radical (unpaired) electrons. The van der Waals surface area contributed by atoms with Crippen molar-refractivity contribution in [1.82, 2.24) is 4.57 Å². The maximum Gasteiger partial charge on any atom is 0.0896 e. The summed E-state index contributed by atoms with van der Waals surface area (Å²) in [5.74, 6) is 0. The molecule has 0 atom stereocenters. The van der Waals surface area contributed by atoms with Gasteiger partial charge in [-0.25, -0.2) is 0 Å². The van der Waals surface area contributed by atoms with Crippen molar-refractivity contribution in [1.29, 1.82) is 0 Å². The Morgan fingerprint density at radius 3 is 2.87 bits per heavy atom. The van der Waals surface area contributed by atoms with Gasteiger partial charge in [-0.2, -0.15) is 0 Å². The maximum atomic E-state index is 8.96. The monoisotopic (exact) mass is 200 g/mol. The van der Waals surface area contributed by atoms with Crippen LogP contribution in [0.1, 0.15) is 17.7 Å². The highest BCUT2D eigenvalue weighted by atomic mass is 16.4. The topological polar surface area (TPSA) is 37.5 Å². The van der Waals surface area contributed by atoms with Crippen LogP contribution in [0.2, 0.25) is 0 Å². The zero-order valence-corrected chi connectivity index (χ0v) is 8.57. The van der Waals surface area contributed by atoms with Gasteiger partial charge in [0.2, 0.25) is 0 Å². The van der Waals surface area contributed by atoms with Gasteiger partial charge in [0.05, 0.1) is 5.71 Å². The number of para-hydroxylation sites is 1. The minimum Gasteiger partial charge on any atom is -0.411 e. The van der Waals surface area contributed by atoms with Crippen LogP contribution in [-0.4, -0.2) is 15.5 Å². The third-order valence-electron chi connectivity index (χ3n) is 3.24. The number of nitrogens with zero attached hydrogens (tertiary/aromatic N) is 2. The van der Waals surface area contributed by atoms with E-state index in [1.54, 1.807) is 0 Å². The van der Waals surface area contributed by atoms with Crippen molar-refractivity contribution in [2.75, 3.05) is 0 Å². The predicted molar refractivity (Wildman–Crippen MR) is 59.6 cm³/mol. The molecule has 1 heterocycles. The summed E-state index contributed by atoms with van der Waals surface area (Å²) in [5, 5.41) is 13.6. The fraction of sp³-hybridized carbons (Fsp3) is 0.250. The van der Waals surface area contributed by atoms with Crippen LogP contribution in [0.5, 0.6) is 0 Å². The number of fused-ring (bicyclic) bond motifs is 3. The van der Waals surface area contributed by atoms with Crippen LogP contribution in [0, 0.1) is 0 Å². The number of aryl methyl sites for hydroxylation is 1. The van der Waals surface area contributed by atoms with Crippen LogP contribution in [0.15, 0.2) is 29.4 Å². The van der Waals surface area contributed by atoms with Gasteiger partial charge < -0.3 is 9.77 Å². The smallest absolute Gasteiger partial charge is 0.0896 e. The molecule has 1 aromatic heterocycles. The second-order valence-electron chi connectivity index (χ2n) is 3.94. The molecule has 0 saturated heterocycles.